The van der Waals surface area contributed by atoms with Crippen molar-refractivity contribution in [3.63, 3.8) is 0 Å². The van der Waals surface area contributed by atoms with Crippen LogP contribution in [0.15, 0.2) is 48.5 Å². The Morgan fingerprint density at radius 3 is 2.41 bits per heavy atom. The van der Waals surface area contributed by atoms with E-state index in [9.17, 15) is 9.59 Å². The van der Waals surface area contributed by atoms with Crippen LogP contribution >= 0.6 is 0 Å². The van der Waals surface area contributed by atoms with Gasteiger partial charge in [0.1, 0.15) is 5.75 Å². The lowest BCUT2D eigenvalue weighted by Gasteiger charge is -2.44. The molecule has 0 bridgehead atoms. The Kier molecular flexibility index (Phi) is 6.95. The van der Waals surface area contributed by atoms with Crippen LogP contribution in [0, 0.1) is 0 Å². The summed E-state index contributed by atoms with van der Waals surface area (Å²) in [6, 6.07) is 15.3. The molecule has 2 heterocycles. The van der Waals surface area contributed by atoms with Gasteiger partial charge in [-0.05, 0) is 43.2 Å². The minimum atomic E-state index is -0.427. The van der Waals surface area contributed by atoms with Gasteiger partial charge in [-0.2, -0.15) is 0 Å². The third-order valence-electron chi connectivity index (χ3n) is 6.47. The third kappa shape index (κ3) is 4.72. The number of amides is 1. The lowest BCUT2D eigenvalue weighted by molar-refractivity contribution is 0.0563. The average molecular weight is 438 g/mol. The Hall–Kier alpha value is -3.06. The standard InChI is InChI=1S/C25H31N3O4/c1-31-23-11-4-3-10-22(23)27-15-13-26(14-16-27)21-9-6-12-28(18-21)24(29)19-7-5-8-20(17-19)25(30)32-2/h3-5,7-8,10-11,17,21H,6,9,12-16,18H2,1-2H3/t21-/m0/s1. The summed E-state index contributed by atoms with van der Waals surface area (Å²) in [4.78, 5) is 31.8. The van der Waals surface area contributed by atoms with Crippen molar-refractivity contribution in [1.82, 2.24) is 9.80 Å². The van der Waals surface area contributed by atoms with Crippen molar-refractivity contribution < 1.29 is 19.1 Å². The van der Waals surface area contributed by atoms with Crippen LogP contribution in [0.1, 0.15) is 33.6 Å². The molecule has 1 atom stereocenters. The van der Waals surface area contributed by atoms with Crippen molar-refractivity contribution in [2.45, 2.75) is 18.9 Å². The summed E-state index contributed by atoms with van der Waals surface area (Å²) in [6.07, 6.45) is 2.08. The first kappa shape index (κ1) is 22.1. The molecule has 1 amide bonds. The second-order valence-electron chi connectivity index (χ2n) is 8.31. The fraction of sp³-hybridized carbons (Fsp3) is 0.440. The van der Waals surface area contributed by atoms with E-state index in [0.29, 0.717) is 17.2 Å². The number of para-hydroxylation sites is 2. The number of likely N-dealkylation sites (tertiary alicyclic amines) is 1. The lowest BCUT2D eigenvalue weighted by atomic mass is 10.0. The van der Waals surface area contributed by atoms with Crippen molar-refractivity contribution in [3.05, 3.63) is 59.7 Å². The van der Waals surface area contributed by atoms with Crippen LogP contribution in [0.3, 0.4) is 0 Å². The summed E-state index contributed by atoms with van der Waals surface area (Å²) >= 11 is 0. The van der Waals surface area contributed by atoms with E-state index < -0.39 is 5.97 Å². The topological polar surface area (TPSA) is 62.3 Å². The van der Waals surface area contributed by atoms with Crippen molar-refractivity contribution in [2.75, 3.05) is 58.4 Å². The molecule has 2 aliphatic heterocycles. The van der Waals surface area contributed by atoms with Crippen LogP contribution in [0.5, 0.6) is 5.75 Å². The molecule has 32 heavy (non-hydrogen) atoms. The van der Waals surface area contributed by atoms with Gasteiger partial charge in [0.25, 0.3) is 5.91 Å². The number of hydrogen-bond donors (Lipinski definition) is 0. The van der Waals surface area contributed by atoms with Crippen molar-refractivity contribution in [3.8, 4) is 5.75 Å². The predicted octanol–water partition coefficient (Wildman–Crippen LogP) is 2.91. The monoisotopic (exact) mass is 437 g/mol. The van der Waals surface area contributed by atoms with Crippen molar-refractivity contribution in [2.24, 2.45) is 0 Å². The molecule has 2 fully saturated rings. The van der Waals surface area contributed by atoms with E-state index in [1.807, 2.05) is 23.1 Å². The maximum absolute atomic E-state index is 13.1. The lowest BCUT2D eigenvalue weighted by Crippen LogP contribution is -2.55. The van der Waals surface area contributed by atoms with Crippen LogP contribution in [-0.4, -0.2) is 81.2 Å². The van der Waals surface area contributed by atoms with E-state index in [0.717, 1.165) is 63.5 Å². The minimum absolute atomic E-state index is 0.0203. The quantitative estimate of drug-likeness (QED) is 0.671. The van der Waals surface area contributed by atoms with E-state index in [1.165, 1.54) is 7.11 Å². The van der Waals surface area contributed by atoms with E-state index in [1.54, 1.807) is 31.4 Å². The number of hydrogen-bond acceptors (Lipinski definition) is 6. The van der Waals surface area contributed by atoms with Gasteiger partial charge in [0.15, 0.2) is 0 Å². The number of anilines is 1. The second kappa shape index (κ2) is 10.0. The fourth-order valence-electron chi connectivity index (χ4n) is 4.74. The van der Waals surface area contributed by atoms with Crippen LogP contribution in [0.25, 0.3) is 0 Å². The minimum Gasteiger partial charge on any atom is -0.495 e. The number of ether oxygens (including phenoxy) is 2. The molecular formula is C25H31N3O4. The Morgan fingerprint density at radius 2 is 1.66 bits per heavy atom. The molecule has 0 spiro atoms. The zero-order valence-electron chi connectivity index (χ0n) is 18.8. The van der Waals surface area contributed by atoms with Gasteiger partial charge in [-0.3, -0.25) is 9.69 Å². The molecule has 2 aromatic rings. The molecule has 2 aliphatic rings. The normalized spacial score (nSPS) is 19.5. The number of rotatable bonds is 5. The molecule has 7 nitrogen and oxygen atoms in total. The summed E-state index contributed by atoms with van der Waals surface area (Å²) < 4.78 is 10.3. The molecule has 0 aromatic heterocycles. The molecule has 0 N–H and O–H groups in total. The predicted molar refractivity (Wildman–Crippen MR) is 123 cm³/mol. The molecule has 7 heteroatoms. The van der Waals surface area contributed by atoms with Crippen LogP contribution in [-0.2, 0) is 4.74 Å². The van der Waals surface area contributed by atoms with E-state index in [-0.39, 0.29) is 5.91 Å². The Morgan fingerprint density at radius 1 is 0.906 bits per heavy atom. The zero-order valence-corrected chi connectivity index (χ0v) is 18.8. The number of esters is 1. The number of piperazine rings is 1. The number of methoxy groups -OCH3 is 2. The highest BCUT2D eigenvalue weighted by Crippen LogP contribution is 2.29. The number of carbonyl (C=O) groups excluding carboxylic acids is 2. The Labute approximate surface area is 189 Å². The van der Waals surface area contributed by atoms with E-state index in [2.05, 4.69) is 15.9 Å². The van der Waals surface area contributed by atoms with Crippen molar-refractivity contribution in [1.29, 1.82) is 0 Å². The van der Waals surface area contributed by atoms with E-state index in [4.69, 9.17) is 9.47 Å². The van der Waals surface area contributed by atoms with Gasteiger partial charge in [-0.15, -0.1) is 0 Å². The fourth-order valence-corrected chi connectivity index (χ4v) is 4.74. The number of benzene rings is 2. The van der Waals surface area contributed by atoms with Gasteiger partial charge in [0, 0.05) is 50.9 Å². The average Bonchev–Trinajstić information content (AvgIpc) is 2.88. The van der Waals surface area contributed by atoms with Crippen molar-refractivity contribution >= 4 is 17.6 Å². The number of nitrogens with zero attached hydrogens (tertiary/aromatic N) is 3. The second-order valence-corrected chi connectivity index (χ2v) is 8.31. The summed E-state index contributed by atoms with van der Waals surface area (Å²) in [5.41, 5.74) is 2.08. The SMILES string of the molecule is COC(=O)c1cccc(C(=O)N2CCC[C@H](N3CCN(c4ccccc4OC)CC3)C2)c1. The highest BCUT2D eigenvalue weighted by Gasteiger charge is 2.31. The first-order valence-electron chi connectivity index (χ1n) is 11.2. The zero-order chi connectivity index (χ0) is 22.5. The molecule has 4 rings (SSSR count). The highest BCUT2D eigenvalue weighted by molar-refractivity contribution is 5.98. The summed E-state index contributed by atoms with van der Waals surface area (Å²) in [5, 5.41) is 0. The smallest absolute Gasteiger partial charge is 0.337 e. The van der Waals surface area contributed by atoms with Gasteiger partial charge >= 0.3 is 5.97 Å². The van der Waals surface area contributed by atoms with Crippen LogP contribution < -0.4 is 9.64 Å². The largest absolute Gasteiger partial charge is 0.495 e. The molecule has 0 unspecified atom stereocenters. The molecule has 2 saturated heterocycles. The van der Waals surface area contributed by atoms with Gasteiger partial charge in [0.05, 0.1) is 25.5 Å². The molecule has 2 aromatic carbocycles. The summed E-state index contributed by atoms with van der Waals surface area (Å²) in [5.74, 6) is 0.460. The molecule has 0 saturated carbocycles. The third-order valence-corrected chi connectivity index (χ3v) is 6.47. The Bertz CT molecular complexity index is 956. The maximum atomic E-state index is 13.1. The first-order valence-corrected chi connectivity index (χ1v) is 11.2. The van der Waals surface area contributed by atoms with Crippen LogP contribution in [0.4, 0.5) is 5.69 Å². The number of carbonyl (C=O) groups is 2. The summed E-state index contributed by atoms with van der Waals surface area (Å²) in [6.45, 7) is 5.26. The molecule has 170 valence electrons. The number of piperidine rings is 1. The molecule has 0 aliphatic carbocycles. The highest BCUT2D eigenvalue weighted by atomic mass is 16.5. The maximum Gasteiger partial charge on any atom is 0.337 e. The van der Waals surface area contributed by atoms with Gasteiger partial charge < -0.3 is 19.3 Å². The van der Waals surface area contributed by atoms with E-state index >= 15 is 0 Å². The van der Waals surface area contributed by atoms with Gasteiger partial charge in [0.2, 0.25) is 0 Å². The Balaban J connectivity index is 1.37. The molecular weight excluding hydrogens is 406 g/mol. The van der Waals surface area contributed by atoms with Gasteiger partial charge in [-0.1, -0.05) is 18.2 Å². The van der Waals surface area contributed by atoms with Gasteiger partial charge in [-0.25, -0.2) is 4.79 Å². The molecule has 0 radical (unpaired) electrons. The summed E-state index contributed by atoms with van der Waals surface area (Å²) in [7, 11) is 3.06. The van der Waals surface area contributed by atoms with Crippen LogP contribution in [0.2, 0.25) is 0 Å². The first-order chi connectivity index (χ1) is 15.6.